The lowest BCUT2D eigenvalue weighted by molar-refractivity contribution is -0.787. The number of hydrogen-bond donors (Lipinski definition) is 2. The quantitative estimate of drug-likeness (QED) is 0.330. The Kier molecular flexibility index (Phi) is 9.08. The monoisotopic (exact) mass is 558 g/mol. The van der Waals surface area contributed by atoms with Crippen LogP contribution in [0.5, 0.6) is 0 Å². The molecule has 9 nitrogen and oxygen atoms in total. The molecule has 1 aliphatic rings. The minimum Gasteiger partial charge on any atom is -0.424 e. The Balaban J connectivity index is 1.39. The summed E-state index contributed by atoms with van der Waals surface area (Å²) in [5, 5.41) is 12.6. The second kappa shape index (κ2) is 12.5. The summed E-state index contributed by atoms with van der Waals surface area (Å²) in [4.78, 5) is 27.3. The molecule has 0 aliphatic heterocycles. The third-order valence-electron chi connectivity index (χ3n) is 6.90. The molecule has 0 saturated heterocycles. The van der Waals surface area contributed by atoms with Gasteiger partial charge in [-0.1, -0.05) is 28.9 Å². The zero-order valence-corrected chi connectivity index (χ0v) is 22.7. The van der Waals surface area contributed by atoms with Gasteiger partial charge in [0.25, 0.3) is 0 Å². The second-order valence-electron chi connectivity index (χ2n) is 10.4. The molecule has 2 N–H and O–H groups in total. The lowest BCUT2D eigenvalue weighted by Crippen LogP contribution is -2.43. The second-order valence-corrected chi connectivity index (χ2v) is 10.4. The standard InChI is InChI=1S/C28H33F3N6O3/c1-18-6-4-5-7-20(18)12-25(38)32-22-13-21(28(29,30)31)14-23(15-22)33-27(39)34-26-17-37(35-40-26)24-10-8-19(9-11-24)16-36(2)3/h4-7,13-15,17,19,24H,8-12,16H2,1-3H3,(H2-,32,33,34,35,38,39). The summed E-state index contributed by atoms with van der Waals surface area (Å²) < 4.78 is 47.5. The van der Waals surface area contributed by atoms with Crippen molar-refractivity contribution in [3.8, 4) is 0 Å². The van der Waals surface area contributed by atoms with Gasteiger partial charge < -0.3 is 25.4 Å². The lowest BCUT2D eigenvalue weighted by atomic mass is 9.86. The predicted octanol–water partition coefficient (Wildman–Crippen LogP) is 6.00. The van der Waals surface area contributed by atoms with Crippen LogP contribution in [0.1, 0.15) is 48.4 Å². The fourth-order valence-electron chi connectivity index (χ4n) is 4.95. The van der Waals surface area contributed by atoms with Gasteiger partial charge >= 0.3 is 6.18 Å². The molecule has 0 bridgehead atoms. The Morgan fingerprint density at radius 3 is 2.40 bits per heavy atom. The van der Waals surface area contributed by atoms with Gasteiger partial charge in [-0.2, -0.15) is 13.2 Å². The number of carbonyl (C=O) groups is 2. The average Bonchev–Trinajstić information content (AvgIpc) is 3.33. The van der Waals surface area contributed by atoms with Crippen molar-refractivity contribution in [1.82, 2.24) is 10.2 Å². The van der Waals surface area contributed by atoms with Crippen LogP contribution < -0.4 is 15.3 Å². The van der Waals surface area contributed by atoms with E-state index in [2.05, 4.69) is 40.2 Å². The Morgan fingerprint density at radius 1 is 1.07 bits per heavy atom. The first-order valence-corrected chi connectivity index (χ1v) is 13.1. The van der Waals surface area contributed by atoms with Gasteiger partial charge in [0, 0.05) is 25.1 Å². The molecule has 1 aliphatic carbocycles. The van der Waals surface area contributed by atoms with Crippen molar-refractivity contribution in [2.75, 3.05) is 31.3 Å². The number of rotatable bonds is 8. The summed E-state index contributed by atoms with van der Waals surface area (Å²) >= 11 is 0. The molecule has 0 spiro atoms. The molecule has 1 aromatic heterocycles. The molecule has 3 amide bonds. The maximum Gasteiger partial charge on any atom is 0.416 e. The van der Waals surface area contributed by atoms with Crippen molar-refractivity contribution in [1.29, 1.82) is 0 Å². The molecule has 214 valence electrons. The van der Waals surface area contributed by atoms with Gasteiger partial charge in [0.05, 0.1) is 12.0 Å². The van der Waals surface area contributed by atoms with Crippen LogP contribution in [0.4, 0.5) is 35.2 Å². The highest BCUT2D eigenvalue weighted by Gasteiger charge is 2.32. The summed E-state index contributed by atoms with van der Waals surface area (Å²) in [7, 11) is 4.11. The van der Waals surface area contributed by atoms with Crippen LogP contribution in [-0.2, 0) is 17.4 Å². The molecule has 0 atom stereocenters. The van der Waals surface area contributed by atoms with E-state index in [1.54, 1.807) is 16.8 Å². The fourth-order valence-corrected chi connectivity index (χ4v) is 4.95. The van der Waals surface area contributed by atoms with Crippen LogP contribution >= 0.6 is 0 Å². The average molecular weight is 559 g/mol. The van der Waals surface area contributed by atoms with Gasteiger partial charge in [0.2, 0.25) is 18.0 Å². The smallest absolute Gasteiger partial charge is 0.416 e. The number of carbonyl (C=O) groups excluding carboxylic acids is 2. The van der Waals surface area contributed by atoms with Crippen LogP contribution in [0.15, 0.2) is 53.2 Å². The summed E-state index contributed by atoms with van der Waals surface area (Å²) in [6.45, 7) is 2.88. The number of amides is 3. The van der Waals surface area contributed by atoms with Gasteiger partial charge in [-0.3, -0.25) is 9.59 Å². The first kappa shape index (κ1) is 29.1. The molecule has 1 heterocycles. The van der Waals surface area contributed by atoms with Crippen molar-refractivity contribution in [2.24, 2.45) is 5.92 Å². The third kappa shape index (κ3) is 8.04. The number of aryl methyl sites for hydroxylation is 1. The SMILES string of the molecule is Cc1ccccc1CC(=O)Nc1cc(NC(=O)[N-]c2c[n+](C3CCC(CN(C)C)CC3)no2)cc(C(F)(F)F)c1. The molecule has 2 aromatic carbocycles. The van der Waals surface area contributed by atoms with Crippen molar-refractivity contribution < 1.29 is 32.0 Å². The van der Waals surface area contributed by atoms with E-state index < -0.39 is 23.7 Å². The molecular formula is C28H33F3N6O3. The molecular weight excluding hydrogens is 525 g/mol. The van der Waals surface area contributed by atoms with Crippen molar-refractivity contribution in [2.45, 2.75) is 51.2 Å². The maximum atomic E-state index is 13.6. The van der Waals surface area contributed by atoms with Crippen molar-refractivity contribution in [3.63, 3.8) is 0 Å². The van der Waals surface area contributed by atoms with Gasteiger partial charge in [-0.05, 0) is 74.8 Å². The van der Waals surface area contributed by atoms with E-state index >= 15 is 0 Å². The summed E-state index contributed by atoms with van der Waals surface area (Å²) in [6, 6.07) is 9.26. The Hall–Kier alpha value is -3.93. The fraction of sp³-hybridized carbons (Fsp3) is 0.429. The predicted molar refractivity (Wildman–Crippen MR) is 143 cm³/mol. The van der Waals surface area contributed by atoms with E-state index in [1.165, 1.54) is 12.3 Å². The van der Waals surface area contributed by atoms with Gasteiger partial charge in [0.1, 0.15) is 0 Å². The molecule has 12 heteroatoms. The maximum absolute atomic E-state index is 13.6. The van der Waals surface area contributed by atoms with Crippen LogP contribution in [0.3, 0.4) is 0 Å². The topological polar surface area (TPSA) is 105 Å². The van der Waals surface area contributed by atoms with E-state index in [0.29, 0.717) is 5.92 Å². The number of anilines is 2. The molecule has 3 aromatic rings. The number of nitrogens with one attached hydrogen (secondary N) is 2. The van der Waals surface area contributed by atoms with Gasteiger partial charge in [-0.25, -0.2) is 0 Å². The summed E-state index contributed by atoms with van der Waals surface area (Å²) in [5.74, 6) is 0.0717. The third-order valence-corrected chi connectivity index (χ3v) is 6.90. The number of hydrogen-bond acceptors (Lipinski definition) is 5. The number of aromatic nitrogens is 2. The summed E-state index contributed by atoms with van der Waals surface area (Å²) in [5.41, 5.74) is 0.332. The highest BCUT2D eigenvalue weighted by atomic mass is 19.4. The molecule has 1 fully saturated rings. The van der Waals surface area contributed by atoms with E-state index in [0.717, 1.165) is 55.5 Å². The van der Waals surface area contributed by atoms with Crippen LogP contribution in [-0.4, -0.2) is 42.7 Å². The van der Waals surface area contributed by atoms with E-state index in [1.807, 2.05) is 19.1 Å². The molecule has 4 rings (SSSR count). The van der Waals surface area contributed by atoms with Crippen molar-refractivity contribution in [3.05, 3.63) is 70.7 Å². The zero-order chi connectivity index (χ0) is 28.9. The summed E-state index contributed by atoms with van der Waals surface area (Å²) in [6.07, 6.45) is 0.746. The lowest BCUT2D eigenvalue weighted by Gasteiger charge is -2.26. The number of halogens is 3. The first-order chi connectivity index (χ1) is 19.0. The van der Waals surface area contributed by atoms with Gasteiger partial charge in [-0.15, -0.1) is 0 Å². The zero-order valence-electron chi connectivity index (χ0n) is 22.7. The normalized spacial score (nSPS) is 17.5. The van der Waals surface area contributed by atoms with Gasteiger partial charge in [0.15, 0.2) is 17.3 Å². The molecule has 0 radical (unpaired) electrons. The Labute approximate surface area is 230 Å². The van der Waals surface area contributed by atoms with E-state index in [9.17, 15) is 22.8 Å². The Morgan fingerprint density at radius 2 is 1.75 bits per heavy atom. The molecule has 0 unspecified atom stereocenters. The molecule has 40 heavy (non-hydrogen) atoms. The highest BCUT2D eigenvalue weighted by Crippen LogP contribution is 2.34. The number of alkyl halides is 3. The first-order valence-electron chi connectivity index (χ1n) is 13.1. The number of nitrogens with zero attached hydrogens (tertiary/aromatic N) is 4. The Bertz CT molecular complexity index is 1330. The van der Waals surface area contributed by atoms with Crippen molar-refractivity contribution >= 4 is 29.2 Å². The molecule has 1 saturated carbocycles. The van der Waals surface area contributed by atoms with Crippen LogP contribution in [0.2, 0.25) is 0 Å². The highest BCUT2D eigenvalue weighted by molar-refractivity contribution is 6.04. The minimum atomic E-state index is -4.70. The van der Waals surface area contributed by atoms with Crippen LogP contribution in [0.25, 0.3) is 5.32 Å². The largest absolute Gasteiger partial charge is 0.424 e. The number of urea groups is 1. The number of benzene rings is 2. The van der Waals surface area contributed by atoms with E-state index in [4.69, 9.17) is 4.52 Å². The van der Waals surface area contributed by atoms with E-state index in [-0.39, 0.29) is 29.7 Å². The minimum absolute atomic E-state index is 0.0112. The van der Waals surface area contributed by atoms with Crippen LogP contribution in [0, 0.1) is 12.8 Å².